The minimum atomic E-state index is -0.506. The van der Waals surface area contributed by atoms with Gasteiger partial charge < -0.3 is 14.4 Å². The number of thiol groups is 1. The van der Waals surface area contributed by atoms with E-state index in [4.69, 9.17) is 9.47 Å². The maximum absolute atomic E-state index is 12.2. The Balaban J connectivity index is 2.75. The maximum Gasteiger partial charge on any atom is 0.410 e. The molecule has 0 unspecified atom stereocenters. The lowest BCUT2D eigenvalue weighted by atomic mass is 10.2. The number of nitrogens with zero attached hydrogens (tertiary/aromatic N) is 1. The number of hydrogen-bond acceptors (Lipinski definition) is 4. The van der Waals surface area contributed by atoms with Gasteiger partial charge in [0, 0.05) is 25.1 Å². The summed E-state index contributed by atoms with van der Waals surface area (Å²) in [6.07, 6.45) is -0.334. The van der Waals surface area contributed by atoms with E-state index in [2.05, 4.69) is 12.6 Å². The zero-order valence-corrected chi connectivity index (χ0v) is 13.4. The topological polar surface area (TPSA) is 38.8 Å². The van der Waals surface area contributed by atoms with Gasteiger partial charge in [-0.05, 0) is 38.5 Å². The summed E-state index contributed by atoms with van der Waals surface area (Å²) < 4.78 is 10.5. The van der Waals surface area contributed by atoms with E-state index in [1.807, 2.05) is 45.0 Å². The zero-order chi connectivity index (χ0) is 15.2. The highest BCUT2D eigenvalue weighted by molar-refractivity contribution is 7.80. The molecule has 0 spiro atoms. The molecule has 0 aliphatic rings. The second kappa shape index (κ2) is 7.55. The van der Waals surface area contributed by atoms with Gasteiger partial charge in [-0.1, -0.05) is 12.1 Å². The van der Waals surface area contributed by atoms with Crippen molar-refractivity contribution >= 4 is 18.7 Å². The molecule has 0 radical (unpaired) electrons. The average Bonchev–Trinajstić information content (AvgIpc) is 2.32. The molecule has 1 rings (SSSR count). The quantitative estimate of drug-likeness (QED) is 0.847. The average molecular weight is 297 g/mol. The van der Waals surface area contributed by atoms with Gasteiger partial charge >= 0.3 is 6.09 Å². The molecule has 112 valence electrons. The molecule has 0 fully saturated rings. The van der Waals surface area contributed by atoms with Crippen LogP contribution in [0.3, 0.4) is 0 Å². The summed E-state index contributed by atoms with van der Waals surface area (Å²) in [7, 11) is 1.61. The number of methoxy groups -OCH3 is 1. The third kappa shape index (κ3) is 6.30. The van der Waals surface area contributed by atoms with Gasteiger partial charge in [0.2, 0.25) is 0 Å². The van der Waals surface area contributed by atoms with E-state index < -0.39 is 5.60 Å². The van der Waals surface area contributed by atoms with Crippen LogP contribution in [-0.2, 0) is 16.0 Å². The summed E-state index contributed by atoms with van der Waals surface area (Å²) in [6, 6.07) is 7.72. The lowest BCUT2D eigenvalue weighted by Gasteiger charge is -2.27. The van der Waals surface area contributed by atoms with E-state index in [9.17, 15) is 4.79 Å². The third-order valence-corrected chi connectivity index (χ3v) is 2.78. The molecule has 0 saturated heterocycles. The molecule has 1 amide bonds. The summed E-state index contributed by atoms with van der Waals surface area (Å²) in [5, 5.41) is 0. The highest BCUT2D eigenvalue weighted by atomic mass is 32.1. The molecule has 1 aromatic rings. The first-order chi connectivity index (χ1) is 9.31. The second-order valence-electron chi connectivity index (χ2n) is 5.56. The van der Waals surface area contributed by atoms with Gasteiger partial charge in [-0.2, -0.15) is 0 Å². The SMILES string of the molecule is COCCN(Cc1cccc(S)c1)C(=O)OC(C)(C)C. The minimum absolute atomic E-state index is 0.334. The Hall–Kier alpha value is -1.20. The zero-order valence-electron chi connectivity index (χ0n) is 12.5. The van der Waals surface area contributed by atoms with Gasteiger partial charge in [0.25, 0.3) is 0 Å². The van der Waals surface area contributed by atoms with E-state index in [0.717, 1.165) is 10.5 Å². The first-order valence-corrected chi connectivity index (χ1v) is 7.01. The van der Waals surface area contributed by atoms with Crippen LogP contribution >= 0.6 is 12.6 Å². The van der Waals surface area contributed by atoms with Crippen molar-refractivity contribution in [3.63, 3.8) is 0 Å². The smallest absolute Gasteiger partial charge is 0.410 e. The Morgan fingerprint density at radius 3 is 2.60 bits per heavy atom. The first kappa shape index (κ1) is 16.9. The molecule has 0 atom stereocenters. The molecule has 1 aromatic carbocycles. The fourth-order valence-corrected chi connectivity index (χ4v) is 1.89. The van der Waals surface area contributed by atoms with E-state index in [0.29, 0.717) is 19.7 Å². The van der Waals surface area contributed by atoms with Crippen LogP contribution < -0.4 is 0 Å². The molecule has 4 nitrogen and oxygen atoms in total. The largest absolute Gasteiger partial charge is 0.444 e. The van der Waals surface area contributed by atoms with Crippen molar-refractivity contribution in [2.45, 2.75) is 37.8 Å². The lowest BCUT2D eigenvalue weighted by molar-refractivity contribution is 0.0184. The summed E-state index contributed by atoms with van der Waals surface area (Å²) in [4.78, 5) is 14.7. The van der Waals surface area contributed by atoms with Crippen molar-refractivity contribution in [2.75, 3.05) is 20.3 Å². The second-order valence-corrected chi connectivity index (χ2v) is 6.08. The fourth-order valence-electron chi connectivity index (χ4n) is 1.64. The Labute approximate surface area is 126 Å². The van der Waals surface area contributed by atoms with Gasteiger partial charge in [-0.25, -0.2) is 4.79 Å². The molecule has 0 N–H and O–H groups in total. The first-order valence-electron chi connectivity index (χ1n) is 6.56. The van der Waals surface area contributed by atoms with Crippen molar-refractivity contribution in [2.24, 2.45) is 0 Å². The van der Waals surface area contributed by atoms with E-state index in [1.165, 1.54) is 0 Å². The molecule has 0 saturated carbocycles. The number of carbonyl (C=O) groups excluding carboxylic acids is 1. The number of ether oxygens (including phenoxy) is 2. The molecule has 0 aliphatic carbocycles. The van der Waals surface area contributed by atoms with Crippen molar-refractivity contribution in [1.82, 2.24) is 4.90 Å². The standard InChI is InChI=1S/C15H23NO3S/c1-15(2,3)19-14(17)16(8-9-18-4)11-12-6-5-7-13(20)10-12/h5-7,10,20H,8-9,11H2,1-4H3. The van der Waals surface area contributed by atoms with Gasteiger partial charge in [0.15, 0.2) is 0 Å². The number of hydrogen-bond donors (Lipinski definition) is 1. The van der Waals surface area contributed by atoms with E-state index in [1.54, 1.807) is 12.0 Å². The molecular weight excluding hydrogens is 274 g/mol. The summed E-state index contributed by atoms with van der Waals surface area (Å²) >= 11 is 4.31. The van der Waals surface area contributed by atoms with E-state index in [-0.39, 0.29) is 6.09 Å². The van der Waals surface area contributed by atoms with Gasteiger partial charge in [-0.3, -0.25) is 0 Å². The van der Waals surface area contributed by atoms with Crippen LogP contribution in [-0.4, -0.2) is 36.9 Å². The highest BCUT2D eigenvalue weighted by Crippen LogP contribution is 2.14. The third-order valence-electron chi connectivity index (χ3n) is 2.50. The lowest BCUT2D eigenvalue weighted by Crippen LogP contribution is -2.38. The van der Waals surface area contributed by atoms with Crippen LogP contribution in [0.5, 0.6) is 0 Å². The summed E-state index contributed by atoms with van der Waals surface area (Å²) in [5.74, 6) is 0. The van der Waals surface area contributed by atoms with Gasteiger partial charge in [0.05, 0.1) is 6.61 Å². The highest BCUT2D eigenvalue weighted by Gasteiger charge is 2.22. The van der Waals surface area contributed by atoms with E-state index >= 15 is 0 Å². The number of rotatable bonds is 5. The Morgan fingerprint density at radius 1 is 1.35 bits per heavy atom. The van der Waals surface area contributed by atoms with Crippen LogP contribution in [0.2, 0.25) is 0 Å². The van der Waals surface area contributed by atoms with Crippen LogP contribution in [0.1, 0.15) is 26.3 Å². The van der Waals surface area contributed by atoms with Crippen molar-refractivity contribution < 1.29 is 14.3 Å². The Morgan fingerprint density at radius 2 is 2.05 bits per heavy atom. The summed E-state index contributed by atoms with van der Waals surface area (Å²) in [5.41, 5.74) is 0.507. The van der Waals surface area contributed by atoms with Crippen LogP contribution in [0, 0.1) is 0 Å². The Bertz CT molecular complexity index is 443. The summed E-state index contributed by atoms with van der Waals surface area (Å²) in [6.45, 7) is 7.00. The number of carbonyl (C=O) groups is 1. The van der Waals surface area contributed by atoms with Gasteiger partial charge in [-0.15, -0.1) is 12.6 Å². The molecule has 0 bridgehead atoms. The van der Waals surface area contributed by atoms with Crippen LogP contribution in [0.4, 0.5) is 4.79 Å². The fraction of sp³-hybridized carbons (Fsp3) is 0.533. The number of benzene rings is 1. The Kier molecular flexibility index (Phi) is 6.36. The predicted molar refractivity (Wildman–Crippen MR) is 82.2 cm³/mol. The molecule has 0 aliphatic heterocycles. The minimum Gasteiger partial charge on any atom is -0.444 e. The number of amides is 1. The molecule has 5 heteroatoms. The van der Waals surface area contributed by atoms with Crippen molar-refractivity contribution in [3.8, 4) is 0 Å². The molecule has 0 aromatic heterocycles. The van der Waals surface area contributed by atoms with Crippen molar-refractivity contribution in [3.05, 3.63) is 29.8 Å². The predicted octanol–water partition coefficient (Wildman–Crippen LogP) is 3.36. The normalized spacial score (nSPS) is 11.2. The van der Waals surface area contributed by atoms with Crippen molar-refractivity contribution in [1.29, 1.82) is 0 Å². The maximum atomic E-state index is 12.2. The van der Waals surface area contributed by atoms with Crippen LogP contribution in [0.15, 0.2) is 29.2 Å². The molecular formula is C15H23NO3S. The molecule has 0 heterocycles. The van der Waals surface area contributed by atoms with Crippen LogP contribution in [0.25, 0.3) is 0 Å². The van der Waals surface area contributed by atoms with Gasteiger partial charge in [0.1, 0.15) is 5.60 Å². The monoisotopic (exact) mass is 297 g/mol. The molecule has 20 heavy (non-hydrogen) atoms.